The van der Waals surface area contributed by atoms with Gasteiger partial charge in [-0.15, -0.1) is 0 Å². The van der Waals surface area contributed by atoms with Crippen LogP contribution in [0.15, 0.2) is 142 Å². The lowest BCUT2D eigenvalue weighted by Gasteiger charge is -2.17. The number of Topliss-reactive ketones (excluding diaryl/α,β-unsaturated/α-hetero) is 2. The largest absolute Gasteiger partial charge is 0.488 e. The summed E-state index contributed by atoms with van der Waals surface area (Å²) in [4.78, 5) is 35.4. The average Bonchev–Trinajstić information content (AvgIpc) is 3.60. The number of aromatic nitrogens is 1. The summed E-state index contributed by atoms with van der Waals surface area (Å²) in [5.41, 5.74) is 5.76. The number of fused-ring (bicyclic) bond motifs is 1. The van der Waals surface area contributed by atoms with Gasteiger partial charge >= 0.3 is 5.97 Å². The molecule has 0 aliphatic carbocycles. The number of nitrogens with zero attached hydrogens (tertiary/aromatic N) is 1. The molecule has 294 valence electrons. The monoisotopic (exact) mass is 907 g/mol. The fourth-order valence-corrected chi connectivity index (χ4v) is 7.00. The molecule has 0 saturated heterocycles. The average molecular weight is 910 g/mol. The predicted octanol–water partition coefficient (Wildman–Crippen LogP) is 12.5. The van der Waals surface area contributed by atoms with E-state index in [-0.39, 0.29) is 54.8 Å². The van der Waals surface area contributed by atoms with Crippen LogP contribution in [0.4, 0.5) is 8.78 Å². The molecule has 7 nitrogen and oxygen atoms in total. The number of carboxylic acids is 1. The fourth-order valence-electron chi connectivity index (χ4n) is 6.27. The molecule has 7 aromatic rings. The van der Waals surface area contributed by atoms with Gasteiger partial charge in [0.2, 0.25) is 0 Å². The van der Waals surface area contributed by atoms with Gasteiger partial charge in [0.15, 0.2) is 5.78 Å². The van der Waals surface area contributed by atoms with Gasteiger partial charge in [-0.3, -0.25) is 4.79 Å². The standard InChI is InChI=1S/C29H21BrFNO3.C18H16BrFO3/c1-18-6-12-27(32(18)23-14-20-4-2-3-5-24(20)25(16-23)29(33)34)26-15-21(30)9-13-28(26)35-17-19-7-10-22(31)11-8-19;1-12(21)2-8-17(22)16-10-14(19)5-9-18(16)23-11-13-3-6-15(20)7-4-13/h2-16H,17H2,1H3,(H,33,34);3-7,9-10H,2,8,11H2,1H3. The summed E-state index contributed by atoms with van der Waals surface area (Å²) in [7, 11) is 0. The third-order valence-corrected chi connectivity index (χ3v) is 10.2. The number of rotatable bonds is 13. The lowest BCUT2D eigenvalue weighted by Crippen LogP contribution is -2.06. The van der Waals surface area contributed by atoms with Crippen molar-refractivity contribution in [1.29, 1.82) is 0 Å². The van der Waals surface area contributed by atoms with E-state index >= 15 is 0 Å². The number of carboxylic acid groups (broad SMARTS) is 1. The quantitative estimate of drug-likeness (QED) is 0.116. The molecule has 58 heavy (non-hydrogen) atoms. The number of aromatic carboxylic acids is 1. The molecule has 0 spiro atoms. The molecule has 1 heterocycles. The fraction of sp³-hybridized carbons (Fsp3) is 0.128. The number of carbonyl (C=O) groups is 3. The molecule has 1 N–H and O–H groups in total. The van der Waals surface area contributed by atoms with Gasteiger partial charge in [0.05, 0.1) is 16.8 Å². The molecule has 1 aromatic heterocycles. The third-order valence-electron chi connectivity index (χ3n) is 9.19. The van der Waals surface area contributed by atoms with Crippen LogP contribution < -0.4 is 9.47 Å². The van der Waals surface area contributed by atoms with Crippen molar-refractivity contribution in [3.05, 3.63) is 182 Å². The number of ether oxygens (including phenoxy) is 2. The van der Waals surface area contributed by atoms with Gasteiger partial charge in [-0.25, -0.2) is 13.6 Å². The summed E-state index contributed by atoms with van der Waals surface area (Å²) in [6.07, 6.45) is 0.363. The van der Waals surface area contributed by atoms with E-state index in [1.165, 1.54) is 31.2 Å². The highest BCUT2D eigenvalue weighted by Gasteiger charge is 2.19. The molecular formula is C47H37Br2F2NO6. The van der Waals surface area contributed by atoms with Crippen LogP contribution in [-0.2, 0) is 18.0 Å². The van der Waals surface area contributed by atoms with Crippen molar-refractivity contribution in [2.45, 2.75) is 39.9 Å². The van der Waals surface area contributed by atoms with Crippen molar-refractivity contribution in [3.63, 3.8) is 0 Å². The van der Waals surface area contributed by atoms with Crippen LogP contribution in [0.3, 0.4) is 0 Å². The normalized spacial score (nSPS) is 10.8. The number of halogens is 4. The Bertz CT molecular complexity index is 2600. The second-order valence-electron chi connectivity index (χ2n) is 13.5. The minimum atomic E-state index is -0.972. The number of aryl methyl sites for hydroxylation is 1. The van der Waals surface area contributed by atoms with Crippen molar-refractivity contribution >= 4 is 60.2 Å². The topological polar surface area (TPSA) is 94.8 Å². The number of benzene rings is 6. The summed E-state index contributed by atoms with van der Waals surface area (Å²) in [6.45, 7) is 3.96. The van der Waals surface area contributed by atoms with Crippen LogP contribution in [0.5, 0.6) is 11.5 Å². The molecule has 7 rings (SSSR count). The van der Waals surface area contributed by atoms with E-state index in [4.69, 9.17) is 9.47 Å². The van der Waals surface area contributed by atoms with Gasteiger partial charge in [0.25, 0.3) is 0 Å². The summed E-state index contributed by atoms with van der Waals surface area (Å²) in [5.74, 6) is -0.625. The van der Waals surface area contributed by atoms with Gasteiger partial charge in [0, 0.05) is 38.7 Å². The first-order valence-corrected chi connectivity index (χ1v) is 19.8. The van der Waals surface area contributed by atoms with Gasteiger partial charge in [-0.05, 0) is 121 Å². The van der Waals surface area contributed by atoms with Crippen LogP contribution in [-0.4, -0.2) is 27.2 Å². The maximum atomic E-state index is 13.3. The van der Waals surface area contributed by atoms with E-state index in [9.17, 15) is 28.3 Å². The number of ketones is 2. The van der Waals surface area contributed by atoms with Crippen molar-refractivity contribution in [2.75, 3.05) is 0 Å². The third kappa shape index (κ3) is 10.5. The number of hydrogen-bond donors (Lipinski definition) is 1. The maximum Gasteiger partial charge on any atom is 0.336 e. The second-order valence-corrected chi connectivity index (χ2v) is 15.3. The molecule has 0 unspecified atom stereocenters. The first-order chi connectivity index (χ1) is 27.9. The van der Waals surface area contributed by atoms with Gasteiger partial charge < -0.3 is 23.9 Å². The van der Waals surface area contributed by atoms with Crippen molar-refractivity contribution in [1.82, 2.24) is 4.57 Å². The van der Waals surface area contributed by atoms with Crippen LogP contribution >= 0.6 is 31.9 Å². The highest BCUT2D eigenvalue weighted by Crippen LogP contribution is 2.37. The Morgan fingerprint density at radius 1 is 0.655 bits per heavy atom. The highest BCUT2D eigenvalue weighted by molar-refractivity contribution is 9.10. The molecule has 0 aliphatic rings. The van der Waals surface area contributed by atoms with E-state index in [0.29, 0.717) is 22.4 Å². The van der Waals surface area contributed by atoms with Gasteiger partial charge in [-0.1, -0.05) is 80.4 Å². The molecular weight excluding hydrogens is 872 g/mol. The Morgan fingerprint density at radius 2 is 1.24 bits per heavy atom. The maximum absolute atomic E-state index is 13.3. The summed E-state index contributed by atoms with van der Waals surface area (Å²) < 4.78 is 41.7. The molecule has 0 amide bonds. The van der Waals surface area contributed by atoms with Crippen molar-refractivity contribution in [2.24, 2.45) is 0 Å². The van der Waals surface area contributed by atoms with E-state index in [0.717, 1.165) is 48.1 Å². The SMILES string of the molecule is CC(=O)CCC(=O)c1cc(Br)ccc1OCc1ccc(F)cc1.Cc1ccc(-c2cc(Br)ccc2OCc2ccc(F)cc2)n1-c1cc(C(=O)O)c2ccccc2c1. The lowest BCUT2D eigenvalue weighted by molar-refractivity contribution is -0.117. The summed E-state index contributed by atoms with van der Waals surface area (Å²) in [5, 5.41) is 11.4. The second kappa shape index (κ2) is 19.0. The lowest BCUT2D eigenvalue weighted by atomic mass is 10.0. The van der Waals surface area contributed by atoms with Crippen LogP contribution in [0.1, 0.15) is 57.3 Å². The summed E-state index contributed by atoms with van der Waals surface area (Å²) >= 11 is 6.90. The Morgan fingerprint density at radius 3 is 1.86 bits per heavy atom. The molecule has 0 aliphatic heterocycles. The molecule has 0 bridgehead atoms. The smallest absolute Gasteiger partial charge is 0.336 e. The first kappa shape index (κ1) is 41.7. The minimum Gasteiger partial charge on any atom is -0.488 e. The molecule has 0 radical (unpaired) electrons. The first-order valence-electron chi connectivity index (χ1n) is 18.2. The van der Waals surface area contributed by atoms with E-state index in [1.807, 2.05) is 72.2 Å². The zero-order chi connectivity index (χ0) is 41.3. The van der Waals surface area contributed by atoms with Crippen LogP contribution in [0.2, 0.25) is 0 Å². The van der Waals surface area contributed by atoms with Crippen molar-refractivity contribution < 1.29 is 37.7 Å². The van der Waals surface area contributed by atoms with Gasteiger partial charge in [-0.2, -0.15) is 0 Å². The van der Waals surface area contributed by atoms with Crippen LogP contribution in [0, 0.1) is 18.6 Å². The Kier molecular flexibility index (Phi) is 13.7. The number of hydrogen-bond acceptors (Lipinski definition) is 5. The van der Waals surface area contributed by atoms with E-state index in [2.05, 4.69) is 31.9 Å². The van der Waals surface area contributed by atoms with Crippen molar-refractivity contribution in [3.8, 4) is 28.4 Å². The number of carbonyl (C=O) groups excluding carboxylic acids is 2. The Labute approximate surface area is 351 Å². The summed E-state index contributed by atoms with van der Waals surface area (Å²) in [6, 6.07) is 38.3. The minimum absolute atomic E-state index is 0.0258. The zero-order valence-corrected chi connectivity index (χ0v) is 34.6. The Balaban J connectivity index is 0.000000214. The predicted molar refractivity (Wildman–Crippen MR) is 228 cm³/mol. The van der Waals surface area contributed by atoms with E-state index < -0.39 is 5.97 Å². The molecule has 6 aromatic carbocycles. The van der Waals surface area contributed by atoms with Crippen LogP contribution in [0.25, 0.3) is 27.7 Å². The zero-order valence-electron chi connectivity index (χ0n) is 31.5. The molecule has 0 saturated carbocycles. The Hall–Kier alpha value is -5.91. The van der Waals surface area contributed by atoms with E-state index in [1.54, 1.807) is 48.5 Å². The molecule has 11 heteroatoms. The highest BCUT2D eigenvalue weighted by atomic mass is 79.9. The molecule has 0 fully saturated rings. The molecule has 0 atom stereocenters. The van der Waals surface area contributed by atoms with Gasteiger partial charge in [0.1, 0.15) is 42.1 Å².